The minimum atomic E-state index is -4.39. The number of nitrogens with zero attached hydrogens (tertiary/aromatic N) is 2. The van der Waals surface area contributed by atoms with Crippen LogP contribution >= 0.6 is 11.6 Å². The fourth-order valence-corrected chi connectivity index (χ4v) is 4.22. The lowest BCUT2D eigenvalue weighted by molar-refractivity contribution is -0.137. The maximum Gasteiger partial charge on any atom is 0.416 e. The molecule has 36 heavy (non-hydrogen) atoms. The standard InChI is InChI=1S/C27H25ClF4N2O2/c28-22-11-7-20(8-12-22)25(36-18-19-5-9-21(10-6-19)27(30,31)32)17-33-13-15-34(16-14-33)26(35)23-3-1-2-4-24(23)29/h1-12,25H,13-18H2/t25-/m1/s1. The van der Waals surface area contributed by atoms with Crippen LogP contribution in [0.2, 0.25) is 5.02 Å². The molecule has 0 saturated carbocycles. The molecule has 9 heteroatoms. The van der Waals surface area contributed by atoms with E-state index >= 15 is 0 Å². The molecule has 0 aliphatic carbocycles. The largest absolute Gasteiger partial charge is 0.416 e. The lowest BCUT2D eigenvalue weighted by atomic mass is 10.1. The number of amides is 1. The lowest BCUT2D eigenvalue weighted by Crippen LogP contribution is -2.49. The number of ether oxygens (including phenoxy) is 1. The Morgan fingerprint density at radius 2 is 1.56 bits per heavy atom. The molecule has 1 amide bonds. The summed E-state index contributed by atoms with van der Waals surface area (Å²) in [6, 6.07) is 18.1. The Kier molecular flexibility index (Phi) is 8.28. The maximum atomic E-state index is 14.0. The number of piperazine rings is 1. The van der Waals surface area contributed by atoms with E-state index in [1.807, 2.05) is 12.1 Å². The van der Waals surface area contributed by atoms with E-state index in [0.717, 1.165) is 17.7 Å². The van der Waals surface area contributed by atoms with Crippen molar-refractivity contribution in [3.63, 3.8) is 0 Å². The van der Waals surface area contributed by atoms with Gasteiger partial charge in [-0.2, -0.15) is 13.2 Å². The van der Waals surface area contributed by atoms with Crippen LogP contribution in [0.4, 0.5) is 17.6 Å². The van der Waals surface area contributed by atoms with Gasteiger partial charge >= 0.3 is 6.18 Å². The van der Waals surface area contributed by atoms with Crippen molar-refractivity contribution in [2.45, 2.75) is 18.9 Å². The van der Waals surface area contributed by atoms with Gasteiger partial charge in [0.05, 0.1) is 23.8 Å². The second-order valence-electron chi connectivity index (χ2n) is 8.62. The molecule has 4 rings (SSSR count). The highest BCUT2D eigenvalue weighted by Gasteiger charge is 2.30. The smallest absolute Gasteiger partial charge is 0.368 e. The molecule has 3 aromatic rings. The van der Waals surface area contributed by atoms with E-state index in [0.29, 0.717) is 43.3 Å². The first-order chi connectivity index (χ1) is 17.2. The molecule has 1 aliphatic heterocycles. The molecule has 1 fully saturated rings. The van der Waals surface area contributed by atoms with Gasteiger partial charge in [0.25, 0.3) is 5.91 Å². The highest BCUT2D eigenvalue weighted by atomic mass is 35.5. The summed E-state index contributed by atoms with van der Waals surface area (Å²) in [4.78, 5) is 16.5. The predicted octanol–water partition coefficient (Wildman–Crippen LogP) is 6.21. The number of rotatable bonds is 7. The van der Waals surface area contributed by atoms with Gasteiger partial charge < -0.3 is 9.64 Å². The van der Waals surface area contributed by atoms with Crippen LogP contribution in [0, 0.1) is 5.82 Å². The predicted molar refractivity (Wildman–Crippen MR) is 129 cm³/mol. The number of alkyl halides is 3. The summed E-state index contributed by atoms with van der Waals surface area (Å²) >= 11 is 6.03. The van der Waals surface area contributed by atoms with Crippen LogP contribution in [0.15, 0.2) is 72.8 Å². The summed E-state index contributed by atoms with van der Waals surface area (Å²) in [5, 5.41) is 0.584. The second kappa shape index (κ2) is 11.4. The molecular formula is C27H25ClF4N2O2. The zero-order valence-electron chi connectivity index (χ0n) is 19.3. The van der Waals surface area contributed by atoms with Gasteiger partial charge in [-0.05, 0) is 47.5 Å². The fraction of sp³-hybridized carbons (Fsp3) is 0.296. The van der Waals surface area contributed by atoms with E-state index in [-0.39, 0.29) is 24.2 Å². The lowest BCUT2D eigenvalue weighted by Gasteiger charge is -2.36. The summed E-state index contributed by atoms with van der Waals surface area (Å²) in [6.07, 6.45) is -4.75. The Labute approximate surface area is 212 Å². The third-order valence-electron chi connectivity index (χ3n) is 6.16. The highest BCUT2D eigenvalue weighted by Crippen LogP contribution is 2.30. The average Bonchev–Trinajstić information content (AvgIpc) is 2.87. The van der Waals surface area contributed by atoms with E-state index in [9.17, 15) is 22.4 Å². The van der Waals surface area contributed by atoms with Crippen molar-refractivity contribution in [1.82, 2.24) is 9.80 Å². The molecule has 1 aliphatic rings. The summed E-state index contributed by atoms with van der Waals surface area (Å²) in [7, 11) is 0. The molecule has 1 heterocycles. The van der Waals surface area contributed by atoms with Crippen molar-refractivity contribution in [3.05, 3.63) is 106 Å². The molecule has 0 bridgehead atoms. The summed E-state index contributed by atoms with van der Waals surface area (Å²) in [6.45, 7) is 2.70. The summed E-state index contributed by atoms with van der Waals surface area (Å²) < 4.78 is 58.7. The molecule has 0 unspecified atom stereocenters. The van der Waals surface area contributed by atoms with Gasteiger partial charge in [-0.25, -0.2) is 4.39 Å². The first-order valence-corrected chi connectivity index (χ1v) is 11.9. The van der Waals surface area contributed by atoms with Gasteiger partial charge in [0, 0.05) is 37.7 Å². The van der Waals surface area contributed by atoms with Crippen molar-refractivity contribution in [2.75, 3.05) is 32.7 Å². The van der Waals surface area contributed by atoms with Gasteiger partial charge in [0.15, 0.2) is 0 Å². The maximum absolute atomic E-state index is 14.0. The summed E-state index contributed by atoms with van der Waals surface area (Å²) in [5.41, 5.74) is 0.867. The number of hydrogen-bond acceptors (Lipinski definition) is 3. The minimum absolute atomic E-state index is 0.0601. The quantitative estimate of drug-likeness (QED) is 0.347. The first kappa shape index (κ1) is 26.1. The Morgan fingerprint density at radius 1 is 0.917 bits per heavy atom. The zero-order chi connectivity index (χ0) is 25.7. The van der Waals surface area contributed by atoms with Gasteiger partial charge in [-0.15, -0.1) is 0 Å². The molecule has 0 N–H and O–H groups in total. The van der Waals surface area contributed by atoms with Crippen LogP contribution in [0.25, 0.3) is 0 Å². The van der Waals surface area contributed by atoms with Crippen molar-refractivity contribution >= 4 is 17.5 Å². The number of carbonyl (C=O) groups is 1. The Balaban J connectivity index is 1.39. The number of hydrogen-bond donors (Lipinski definition) is 0. The number of carbonyl (C=O) groups excluding carboxylic acids is 1. The number of halogens is 5. The normalized spacial score (nSPS) is 15.6. The molecule has 0 aromatic heterocycles. The zero-order valence-corrected chi connectivity index (χ0v) is 20.1. The van der Waals surface area contributed by atoms with Gasteiger partial charge in [0.1, 0.15) is 5.82 Å². The molecule has 4 nitrogen and oxygen atoms in total. The monoisotopic (exact) mass is 520 g/mol. The molecule has 190 valence electrons. The van der Waals surface area contributed by atoms with Crippen LogP contribution in [0.5, 0.6) is 0 Å². The Morgan fingerprint density at radius 3 is 2.17 bits per heavy atom. The topological polar surface area (TPSA) is 32.8 Å². The van der Waals surface area contributed by atoms with E-state index in [1.165, 1.54) is 24.3 Å². The van der Waals surface area contributed by atoms with Gasteiger partial charge in [-0.3, -0.25) is 9.69 Å². The second-order valence-corrected chi connectivity index (χ2v) is 9.05. The van der Waals surface area contributed by atoms with Crippen molar-refractivity contribution in [1.29, 1.82) is 0 Å². The van der Waals surface area contributed by atoms with Crippen molar-refractivity contribution in [2.24, 2.45) is 0 Å². The summed E-state index contributed by atoms with van der Waals surface area (Å²) in [5.74, 6) is -0.870. The SMILES string of the molecule is O=C(c1ccccc1F)N1CCN(C[C@@H](OCc2ccc(C(F)(F)F)cc2)c2ccc(Cl)cc2)CC1. The van der Waals surface area contributed by atoms with Crippen LogP contribution in [-0.4, -0.2) is 48.4 Å². The van der Waals surface area contributed by atoms with Crippen LogP contribution in [0.3, 0.4) is 0 Å². The number of benzene rings is 3. The van der Waals surface area contributed by atoms with Crippen molar-refractivity contribution in [3.8, 4) is 0 Å². The molecule has 1 atom stereocenters. The Hall–Kier alpha value is -2.94. The highest BCUT2D eigenvalue weighted by molar-refractivity contribution is 6.30. The van der Waals surface area contributed by atoms with Crippen LogP contribution in [-0.2, 0) is 17.5 Å². The van der Waals surface area contributed by atoms with Crippen LogP contribution in [0.1, 0.15) is 33.2 Å². The van der Waals surface area contributed by atoms with Gasteiger partial charge in [-0.1, -0.05) is 48.0 Å². The first-order valence-electron chi connectivity index (χ1n) is 11.5. The minimum Gasteiger partial charge on any atom is -0.368 e. The Bertz CT molecular complexity index is 1160. The van der Waals surface area contributed by atoms with Crippen LogP contribution < -0.4 is 0 Å². The molecule has 0 radical (unpaired) electrons. The van der Waals surface area contributed by atoms with E-state index in [4.69, 9.17) is 16.3 Å². The molecule has 1 saturated heterocycles. The third kappa shape index (κ3) is 6.63. The molecule has 0 spiro atoms. The van der Waals surface area contributed by atoms with Gasteiger partial charge in [0.2, 0.25) is 0 Å². The van der Waals surface area contributed by atoms with E-state index in [2.05, 4.69) is 4.90 Å². The average molecular weight is 521 g/mol. The van der Waals surface area contributed by atoms with E-state index < -0.39 is 17.6 Å². The third-order valence-corrected chi connectivity index (χ3v) is 6.41. The fourth-order valence-electron chi connectivity index (χ4n) is 4.09. The van der Waals surface area contributed by atoms with E-state index in [1.54, 1.807) is 29.2 Å². The van der Waals surface area contributed by atoms with Crippen molar-refractivity contribution < 1.29 is 27.1 Å². The molecular weight excluding hydrogens is 496 g/mol. The molecule has 3 aromatic carbocycles.